The Morgan fingerprint density at radius 2 is 1.81 bits per heavy atom. The fourth-order valence-corrected chi connectivity index (χ4v) is 3.96. The molecule has 0 bridgehead atoms. The molecule has 2 heterocycles. The molecular formula is C21H25N3O2. The van der Waals surface area contributed by atoms with Crippen molar-refractivity contribution in [1.82, 2.24) is 10.3 Å². The summed E-state index contributed by atoms with van der Waals surface area (Å²) in [7, 11) is 1.68. The van der Waals surface area contributed by atoms with Crippen molar-refractivity contribution in [2.75, 3.05) is 38.3 Å². The molecule has 1 unspecified atom stereocenters. The van der Waals surface area contributed by atoms with Gasteiger partial charge in [-0.05, 0) is 41.7 Å². The summed E-state index contributed by atoms with van der Waals surface area (Å²) in [6.07, 6.45) is 1.41. The first-order chi connectivity index (χ1) is 12.8. The van der Waals surface area contributed by atoms with Crippen molar-refractivity contribution in [3.05, 3.63) is 59.7 Å². The highest BCUT2D eigenvalue weighted by molar-refractivity contribution is 5.96. The molecule has 2 aromatic rings. The minimum absolute atomic E-state index is 0.198. The zero-order chi connectivity index (χ0) is 17.9. The van der Waals surface area contributed by atoms with Gasteiger partial charge in [0, 0.05) is 32.6 Å². The number of ether oxygens (including phenoxy) is 1. The van der Waals surface area contributed by atoms with E-state index in [4.69, 9.17) is 4.74 Å². The summed E-state index contributed by atoms with van der Waals surface area (Å²) in [5.74, 6) is 1.27. The minimum atomic E-state index is 0.198. The Morgan fingerprint density at radius 3 is 2.54 bits per heavy atom. The number of amides is 1. The standard InChI is InChI=1S/C21H25N3O2/c1-26-18-8-6-16(7-9-18)14-17-15-21(25)24(23-12-10-22-11-13-23)20-5-3-2-4-19(17)20/h2-9,17,22H,10-15H2,1H3. The van der Waals surface area contributed by atoms with Crippen molar-refractivity contribution < 1.29 is 9.53 Å². The summed E-state index contributed by atoms with van der Waals surface area (Å²) in [6, 6.07) is 16.5. The quantitative estimate of drug-likeness (QED) is 0.920. The van der Waals surface area contributed by atoms with Crippen LogP contribution >= 0.6 is 0 Å². The number of para-hydroxylation sites is 1. The number of fused-ring (bicyclic) bond motifs is 1. The number of hydrogen-bond acceptors (Lipinski definition) is 4. The van der Waals surface area contributed by atoms with Crippen LogP contribution in [0.1, 0.15) is 23.5 Å². The zero-order valence-corrected chi connectivity index (χ0v) is 15.1. The molecule has 2 aliphatic rings. The predicted octanol–water partition coefficient (Wildman–Crippen LogP) is 2.58. The molecule has 1 atom stereocenters. The van der Waals surface area contributed by atoms with Gasteiger partial charge < -0.3 is 10.1 Å². The molecule has 0 radical (unpaired) electrons. The van der Waals surface area contributed by atoms with E-state index < -0.39 is 0 Å². The van der Waals surface area contributed by atoms with E-state index in [0.29, 0.717) is 6.42 Å². The monoisotopic (exact) mass is 351 g/mol. The molecule has 5 heteroatoms. The molecule has 5 nitrogen and oxygen atoms in total. The number of benzene rings is 2. The van der Waals surface area contributed by atoms with Crippen LogP contribution in [-0.4, -0.2) is 44.2 Å². The Bertz CT molecular complexity index is 769. The maximum atomic E-state index is 13.0. The molecule has 1 amide bonds. The van der Waals surface area contributed by atoms with E-state index in [-0.39, 0.29) is 11.8 Å². The second kappa shape index (κ2) is 7.48. The molecule has 0 aromatic heterocycles. The molecule has 0 spiro atoms. The third kappa shape index (κ3) is 3.32. The summed E-state index contributed by atoms with van der Waals surface area (Å²) in [6.45, 7) is 3.56. The van der Waals surface area contributed by atoms with E-state index in [1.807, 2.05) is 23.2 Å². The van der Waals surface area contributed by atoms with E-state index in [1.165, 1.54) is 11.1 Å². The molecule has 0 aliphatic carbocycles. The van der Waals surface area contributed by atoms with Gasteiger partial charge in [-0.2, -0.15) is 0 Å². The van der Waals surface area contributed by atoms with Gasteiger partial charge in [-0.3, -0.25) is 4.79 Å². The Kier molecular flexibility index (Phi) is 4.91. The zero-order valence-electron chi connectivity index (χ0n) is 15.1. The smallest absolute Gasteiger partial charge is 0.242 e. The summed E-state index contributed by atoms with van der Waals surface area (Å²) in [4.78, 5) is 13.0. The van der Waals surface area contributed by atoms with Gasteiger partial charge >= 0.3 is 0 Å². The first-order valence-corrected chi connectivity index (χ1v) is 9.26. The third-order valence-electron chi connectivity index (χ3n) is 5.28. The molecule has 0 saturated carbocycles. The first-order valence-electron chi connectivity index (χ1n) is 9.26. The van der Waals surface area contributed by atoms with E-state index in [0.717, 1.165) is 44.0 Å². The molecular weight excluding hydrogens is 326 g/mol. The number of anilines is 1. The minimum Gasteiger partial charge on any atom is -0.497 e. The highest BCUT2D eigenvalue weighted by Gasteiger charge is 2.34. The summed E-state index contributed by atoms with van der Waals surface area (Å²) in [5.41, 5.74) is 3.54. The van der Waals surface area contributed by atoms with Crippen LogP contribution in [0.5, 0.6) is 5.75 Å². The number of hydrazine groups is 1. The van der Waals surface area contributed by atoms with Crippen molar-refractivity contribution in [2.24, 2.45) is 0 Å². The number of carbonyl (C=O) groups is 1. The van der Waals surface area contributed by atoms with E-state index in [2.05, 4.69) is 40.7 Å². The van der Waals surface area contributed by atoms with Crippen molar-refractivity contribution >= 4 is 11.6 Å². The molecule has 136 valence electrons. The number of nitrogens with one attached hydrogen (secondary N) is 1. The van der Waals surface area contributed by atoms with Crippen LogP contribution in [0, 0.1) is 0 Å². The number of piperazine rings is 1. The Morgan fingerprint density at radius 1 is 1.08 bits per heavy atom. The number of hydrogen-bond donors (Lipinski definition) is 1. The summed E-state index contributed by atoms with van der Waals surface area (Å²) < 4.78 is 5.24. The van der Waals surface area contributed by atoms with Crippen molar-refractivity contribution in [3.63, 3.8) is 0 Å². The van der Waals surface area contributed by atoms with Crippen molar-refractivity contribution in [1.29, 1.82) is 0 Å². The highest BCUT2D eigenvalue weighted by atomic mass is 16.5. The van der Waals surface area contributed by atoms with E-state index in [9.17, 15) is 4.79 Å². The van der Waals surface area contributed by atoms with Gasteiger partial charge in [0.05, 0.1) is 12.8 Å². The molecule has 26 heavy (non-hydrogen) atoms. The number of carbonyl (C=O) groups excluding carboxylic acids is 1. The maximum absolute atomic E-state index is 13.0. The van der Waals surface area contributed by atoms with Crippen LogP contribution in [0.15, 0.2) is 48.5 Å². The van der Waals surface area contributed by atoms with Crippen molar-refractivity contribution in [3.8, 4) is 5.75 Å². The number of rotatable bonds is 4. The topological polar surface area (TPSA) is 44.8 Å². The van der Waals surface area contributed by atoms with Gasteiger partial charge in [-0.15, -0.1) is 0 Å². The third-order valence-corrected chi connectivity index (χ3v) is 5.28. The number of methoxy groups -OCH3 is 1. The van der Waals surface area contributed by atoms with Crippen LogP contribution in [0.25, 0.3) is 0 Å². The van der Waals surface area contributed by atoms with Crippen LogP contribution in [0.2, 0.25) is 0 Å². The predicted molar refractivity (Wildman–Crippen MR) is 102 cm³/mol. The largest absolute Gasteiger partial charge is 0.497 e. The second-order valence-electron chi connectivity index (χ2n) is 6.92. The van der Waals surface area contributed by atoms with Crippen LogP contribution in [-0.2, 0) is 11.2 Å². The van der Waals surface area contributed by atoms with Gasteiger partial charge in [0.2, 0.25) is 5.91 Å². The summed E-state index contributed by atoms with van der Waals surface area (Å²) in [5, 5.41) is 7.45. The van der Waals surface area contributed by atoms with Gasteiger partial charge in [0.25, 0.3) is 0 Å². The maximum Gasteiger partial charge on any atom is 0.242 e. The SMILES string of the molecule is COc1ccc(CC2CC(=O)N(N3CCNCC3)c3ccccc32)cc1. The number of nitrogens with zero attached hydrogens (tertiary/aromatic N) is 2. The van der Waals surface area contributed by atoms with E-state index >= 15 is 0 Å². The molecule has 2 aromatic carbocycles. The Hall–Kier alpha value is -2.37. The van der Waals surface area contributed by atoms with Gasteiger partial charge in [-0.1, -0.05) is 30.3 Å². The average molecular weight is 351 g/mol. The molecule has 1 N–H and O–H groups in total. The fraction of sp³-hybridized carbons (Fsp3) is 0.381. The summed E-state index contributed by atoms with van der Waals surface area (Å²) >= 11 is 0. The molecule has 2 aliphatic heterocycles. The fourth-order valence-electron chi connectivity index (χ4n) is 3.96. The van der Waals surface area contributed by atoms with Crippen LogP contribution in [0.3, 0.4) is 0 Å². The normalized spacial score (nSPS) is 20.7. The Labute approximate surface area is 154 Å². The molecule has 1 saturated heterocycles. The molecule has 4 rings (SSSR count). The lowest BCUT2D eigenvalue weighted by molar-refractivity contribution is -0.122. The first kappa shape index (κ1) is 17.1. The highest BCUT2D eigenvalue weighted by Crippen LogP contribution is 2.38. The average Bonchev–Trinajstić information content (AvgIpc) is 2.69. The van der Waals surface area contributed by atoms with Gasteiger partial charge in [0.1, 0.15) is 5.75 Å². The van der Waals surface area contributed by atoms with Crippen LogP contribution < -0.4 is 15.1 Å². The second-order valence-corrected chi connectivity index (χ2v) is 6.92. The van der Waals surface area contributed by atoms with E-state index in [1.54, 1.807) is 7.11 Å². The van der Waals surface area contributed by atoms with Gasteiger partial charge in [-0.25, -0.2) is 10.0 Å². The van der Waals surface area contributed by atoms with Gasteiger partial charge in [0.15, 0.2) is 0 Å². The Balaban J connectivity index is 1.61. The lowest BCUT2D eigenvalue weighted by atomic mass is 9.85. The molecule has 1 fully saturated rings. The lowest BCUT2D eigenvalue weighted by Gasteiger charge is -2.42. The van der Waals surface area contributed by atoms with Crippen molar-refractivity contribution in [2.45, 2.75) is 18.8 Å². The lowest BCUT2D eigenvalue weighted by Crippen LogP contribution is -2.56. The van der Waals surface area contributed by atoms with Crippen LogP contribution in [0.4, 0.5) is 5.69 Å².